The zero-order chi connectivity index (χ0) is 14.7. The molecule has 1 saturated carbocycles. The molecule has 2 nitrogen and oxygen atoms in total. The van der Waals surface area contributed by atoms with Gasteiger partial charge in [-0.25, -0.2) is 0 Å². The van der Waals surface area contributed by atoms with Crippen LogP contribution in [0.25, 0.3) is 0 Å². The Balaban J connectivity index is 1.75. The SMILES string of the molecule is CCNC(c1csc(I)c1)C1CCOC2(CCCCC2)C1. The van der Waals surface area contributed by atoms with Crippen molar-refractivity contribution >= 4 is 33.9 Å². The summed E-state index contributed by atoms with van der Waals surface area (Å²) in [5.41, 5.74) is 1.70. The first kappa shape index (κ1) is 16.2. The van der Waals surface area contributed by atoms with E-state index in [0.717, 1.165) is 19.1 Å². The monoisotopic (exact) mass is 419 g/mol. The second-order valence-corrected chi connectivity index (χ2v) is 9.37. The second kappa shape index (κ2) is 7.28. The lowest BCUT2D eigenvalue weighted by Gasteiger charge is -2.45. The van der Waals surface area contributed by atoms with Crippen molar-refractivity contribution in [3.05, 3.63) is 19.9 Å². The number of halogens is 1. The summed E-state index contributed by atoms with van der Waals surface area (Å²) >= 11 is 4.30. The molecule has 3 rings (SSSR count). The van der Waals surface area contributed by atoms with Gasteiger partial charge in [-0.3, -0.25) is 0 Å². The zero-order valence-electron chi connectivity index (χ0n) is 12.9. The van der Waals surface area contributed by atoms with Gasteiger partial charge >= 0.3 is 0 Å². The van der Waals surface area contributed by atoms with Crippen molar-refractivity contribution in [3.63, 3.8) is 0 Å². The number of ether oxygens (including phenoxy) is 1. The molecule has 1 aromatic rings. The summed E-state index contributed by atoms with van der Waals surface area (Å²) in [6.07, 6.45) is 9.12. The van der Waals surface area contributed by atoms with E-state index in [-0.39, 0.29) is 5.60 Å². The largest absolute Gasteiger partial charge is 0.375 e. The maximum Gasteiger partial charge on any atom is 0.0686 e. The van der Waals surface area contributed by atoms with Gasteiger partial charge in [0.25, 0.3) is 0 Å². The molecule has 2 aliphatic rings. The van der Waals surface area contributed by atoms with Crippen molar-refractivity contribution in [3.8, 4) is 0 Å². The van der Waals surface area contributed by atoms with E-state index >= 15 is 0 Å². The van der Waals surface area contributed by atoms with Crippen LogP contribution >= 0.6 is 33.9 Å². The van der Waals surface area contributed by atoms with Crippen LogP contribution in [0.15, 0.2) is 11.4 Å². The number of thiophene rings is 1. The Morgan fingerprint density at radius 2 is 2.24 bits per heavy atom. The molecular weight excluding hydrogens is 393 g/mol. The molecule has 1 spiro atoms. The molecular formula is C17H26INOS. The average molecular weight is 419 g/mol. The lowest BCUT2D eigenvalue weighted by atomic mass is 9.73. The number of hydrogen-bond donors (Lipinski definition) is 1. The lowest BCUT2D eigenvalue weighted by Crippen LogP contribution is -2.44. The van der Waals surface area contributed by atoms with Crippen molar-refractivity contribution in [2.24, 2.45) is 5.92 Å². The highest BCUT2D eigenvalue weighted by molar-refractivity contribution is 14.1. The Hall–Kier alpha value is 0.350. The highest BCUT2D eigenvalue weighted by atomic mass is 127. The molecule has 118 valence electrons. The molecule has 4 heteroatoms. The van der Waals surface area contributed by atoms with E-state index in [9.17, 15) is 0 Å². The van der Waals surface area contributed by atoms with Gasteiger partial charge < -0.3 is 10.1 Å². The van der Waals surface area contributed by atoms with E-state index in [1.54, 1.807) is 0 Å². The fourth-order valence-corrected chi connectivity index (χ4v) is 5.57. The minimum Gasteiger partial charge on any atom is -0.375 e. The minimum atomic E-state index is 0.206. The van der Waals surface area contributed by atoms with E-state index in [2.05, 4.69) is 46.3 Å². The van der Waals surface area contributed by atoms with E-state index in [1.165, 1.54) is 53.4 Å². The molecule has 1 saturated heterocycles. The third-order valence-corrected chi connectivity index (χ3v) is 6.95. The Labute approximate surface area is 146 Å². The Kier molecular flexibility index (Phi) is 5.62. The van der Waals surface area contributed by atoms with Crippen molar-refractivity contribution in [2.75, 3.05) is 13.2 Å². The van der Waals surface area contributed by atoms with Crippen molar-refractivity contribution in [1.82, 2.24) is 5.32 Å². The quantitative estimate of drug-likeness (QED) is 0.683. The predicted molar refractivity (Wildman–Crippen MR) is 97.9 cm³/mol. The zero-order valence-corrected chi connectivity index (χ0v) is 15.8. The molecule has 21 heavy (non-hydrogen) atoms. The fourth-order valence-electron chi connectivity index (χ4n) is 4.16. The highest BCUT2D eigenvalue weighted by Gasteiger charge is 2.41. The topological polar surface area (TPSA) is 21.3 Å². The molecule has 1 N–H and O–H groups in total. The standard InChI is InChI=1S/C17H26INOS/c1-2-19-16(14-10-15(18)21-12-14)13-6-9-20-17(11-13)7-4-3-5-8-17/h10,12-13,16,19H,2-9,11H2,1H3. The molecule has 2 fully saturated rings. The van der Waals surface area contributed by atoms with Gasteiger partial charge in [0.1, 0.15) is 0 Å². The van der Waals surface area contributed by atoms with E-state index in [4.69, 9.17) is 4.74 Å². The fraction of sp³-hybridized carbons (Fsp3) is 0.765. The minimum absolute atomic E-state index is 0.206. The van der Waals surface area contributed by atoms with Crippen LogP contribution in [-0.4, -0.2) is 18.8 Å². The van der Waals surface area contributed by atoms with Gasteiger partial charge in [-0.05, 0) is 77.7 Å². The normalized spacial score (nSPS) is 26.9. The van der Waals surface area contributed by atoms with Crippen molar-refractivity contribution in [2.45, 2.75) is 63.5 Å². The number of rotatable bonds is 4. The van der Waals surface area contributed by atoms with Gasteiger partial charge in [0.15, 0.2) is 0 Å². The average Bonchev–Trinajstić information content (AvgIpc) is 2.92. The van der Waals surface area contributed by atoms with E-state index in [1.807, 2.05) is 11.3 Å². The Morgan fingerprint density at radius 3 is 2.90 bits per heavy atom. The van der Waals surface area contributed by atoms with Crippen LogP contribution in [0.3, 0.4) is 0 Å². The molecule has 2 unspecified atom stereocenters. The molecule has 1 aliphatic heterocycles. The highest BCUT2D eigenvalue weighted by Crippen LogP contribution is 2.44. The van der Waals surface area contributed by atoms with E-state index in [0.29, 0.717) is 6.04 Å². The molecule has 0 amide bonds. The Bertz CT molecular complexity index is 450. The summed E-state index contributed by atoms with van der Waals surface area (Å²) < 4.78 is 7.67. The van der Waals surface area contributed by atoms with Crippen molar-refractivity contribution < 1.29 is 4.74 Å². The Morgan fingerprint density at radius 1 is 1.43 bits per heavy atom. The molecule has 1 aliphatic carbocycles. The first-order chi connectivity index (χ1) is 10.2. The van der Waals surface area contributed by atoms with Crippen LogP contribution in [-0.2, 0) is 4.74 Å². The molecule has 0 bridgehead atoms. The summed E-state index contributed by atoms with van der Waals surface area (Å²) in [7, 11) is 0. The first-order valence-electron chi connectivity index (χ1n) is 8.34. The number of hydrogen-bond acceptors (Lipinski definition) is 3. The van der Waals surface area contributed by atoms with Crippen LogP contribution in [0.4, 0.5) is 0 Å². The summed E-state index contributed by atoms with van der Waals surface area (Å²) in [5, 5.41) is 6.10. The van der Waals surface area contributed by atoms with Crippen LogP contribution in [0.2, 0.25) is 0 Å². The summed E-state index contributed by atoms with van der Waals surface area (Å²) in [5.74, 6) is 0.724. The van der Waals surface area contributed by atoms with Crippen LogP contribution < -0.4 is 5.32 Å². The first-order valence-corrected chi connectivity index (χ1v) is 10.3. The molecule has 0 radical (unpaired) electrons. The summed E-state index contributed by atoms with van der Waals surface area (Å²) in [6.45, 7) is 4.22. The van der Waals surface area contributed by atoms with Gasteiger partial charge in [-0.2, -0.15) is 0 Å². The van der Waals surface area contributed by atoms with Crippen LogP contribution in [0, 0.1) is 8.80 Å². The second-order valence-electron chi connectivity index (χ2n) is 6.56. The summed E-state index contributed by atoms with van der Waals surface area (Å²) in [6, 6.07) is 2.87. The van der Waals surface area contributed by atoms with Crippen LogP contribution in [0.1, 0.15) is 63.5 Å². The molecule has 1 aromatic heterocycles. The number of nitrogens with one attached hydrogen (secondary N) is 1. The van der Waals surface area contributed by atoms with Gasteiger partial charge in [-0.15, -0.1) is 11.3 Å². The van der Waals surface area contributed by atoms with Gasteiger partial charge in [0.2, 0.25) is 0 Å². The van der Waals surface area contributed by atoms with Gasteiger partial charge in [0.05, 0.1) is 8.48 Å². The molecule has 2 atom stereocenters. The molecule has 0 aromatic carbocycles. The maximum absolute atomic E-state index is 6.28. The molecule has 2 heterocycles. The van der Waals surface area contributed by atoms with E-state index < -0.39 is 0 Å². The smallest absolute Gasteiger partial charge is 0.0686 e. The third kappa shape index (κ3) is 3.82. The predicted octanol–water partition coefficient (Wildman–Crippen LogP) is 5.13. The third-order valence-electron chi connectivity index (χ3n) is 5.14. The van der Waals surface area contributed by atoms with Crippen molar-refractivity contribution in [1.29, 1.82) is 0 Å². The van der Waals surface area contributed by atoms with Gasteiger partial charge in [-0.1, -0.05) is 26.2 Å². The summed E-state index contributed by atoms with van der Waals surface area (Å²) in [4.78, 5) is 0. The van der Waals surface area contributed by atoms with Crippen LogP contribution in [0.5, 0.6) is 0 Å². The lowest BCUT2D eigenvalue weighted by molar-refractivity contribution is -0.122. The maximum atomic E-state index is 6.28. The van der Waals surface area contributed by atoms with Gasteiger partial charge in [0, 0.05) is 12.6 Å².